The first-order valence-electron chi connectivity index (χ1n) is 16.0. The van der Waals surface area contributed by atoms with Gasteiger partial charge in [0.25, 0.3) is 21.8 Å². The Bertz CT molecular complexity index is 2320. The quantitative estimate of drug-likeness (QED) is 0.145. The molecule has 0 spiro atoms. The summed E-state index contributed by atoms with van der Waals surface area (Å²) in [4.78, 5) is 38.5. The van der Waals surface area contributed by atoms with Crippen molar-refractivity contribution >= 4 is 21.8 Å². The first-order valence-corrected chi connectivity index (χ1v) is 17.5. The molecule has 2 amide bonds. The molecule has 0 unspecified atom stereocenters. The average Bonchev–Trinajstić information content (AvgIpc) is 3.41. The molecule has 10 nitrogen and oxygen atoms in total. The van der Waals surface area contributed by atoms with E-state index in [1.807, 2.05) is 11.6 Å². The number of halogens is 5. The van der Waals surface area contributed by atoms with E-state index in [9.17, 15) is 40.4 Å². The summed E-state index contributed by atoms with van der Waals surface area (Å²) in [6.45, 7) is 3.26. The fraction of sp³-hybridized carbons (Fsp3) is 0.222. The standard InChI is InChI=1S/C36H32F5N5O5S/c1-3-5-14-32-43-46(30-20-23(33(47)42-4-2)17-18-27(30)36(39,40)41)35(49)45(32)21-24-16-15-22(19-29(24)38)25-10-7-9-13-31(25)52(50,51)44-34(48)26-11-6-8-12-28(26)37/h6-13,15-20H,3-5,14,21H2,1-2H3,(H,42,47)(H,44,48). The molecule has 16 heteroatoms. The SMILES string of the molecule is CCCCc1nn(-c2cc(C(=O)NCC)ccc2C(F)(F)F)c(=O)n1Cc1ccc(-c2ccccc2S(=O)(=O)NC(=O)c2ccccc2F)cc1F. The number of benzene rings is 4. The number of aryl methyl sites for hydroxylation is 1. The molecule has 0 saturated carbocycles. The Labute approximate surface area is 295 Å². The lowest BCUT2D eigenvalue weighted by Gasteiger charge is -2.14. The molecule has 0 bridgehead atoms. The van der Waals surface area contributed by atoms with Gasteiger partial charge in [0.15, 0.2) is 0 Å². The zero-order valence-electron chi connectivity index (χ0n) is 27.8. The Morgan fingerprint density at radius 1 is 0.865 bits per heavy atom. The Hall–Kier alpha value is -5.64. The van der Waals surface area contributed by atoms with Crippen LogP contribution in [0.5, 0.6) is 0 Å². The summed E-state index contributed by atoms with van der Waals surface area (Å²) in [5.74, 6) is -3.60. The third-order valence-corrected chi connectivity index (χ3v) is 9.43. The summed E-state index contributed by atoms with van der Waals surface area (Å²) in [5.41, 5.74) is -3.50. The van der Waals surface area contributed by atoms with Gasteiger partial charge in [0.05, 0.1) is 28.3 Å². The molecular weight excluding hydrogens is 709 g/mol. The highest BCUT2D eigenvalue weighted by Gasteiger charge is 2.36. The first kappa shape index (κ1) is 37.6. The van der Waals surface area contributed by atoms with E-state index in [4.69, 9.17) is 0 Å². The van der Waals surface area contributed by atoms with E-state index < -0.39 is 73.6 Å². The second-order valence-corrected chi connectivity index (χ2v) is 13.3. The van der Waals surface area contributed by atoms with E-state index >= 15 is 4.39 Å². The van der Waals surface area contributed by atoms with Gasteiger partial charge in [-0.25, -0.2) is 26.7 Å². The molecule has 2 N–H and O–H groups in total. The third kappa shape index (κ3) is 7.96. The van der Waals surface area contributed by atoms with Crippen molar-refractivity contribution in [3.63, 3.8) is 0 Å². The van der Waals surface area contributed by atoms with Crippen molar-refractivity contribution in [3.05, 3.63) is 135 Å². The molecule has 0 radical (unpaired) electrons. The minimum Gasteiger partial charge on any atom is -0.352 e. The average molecular weight is 742 g/mol. The van der Waals surface area contributed by atoms with Gasteiger partial charge in [-0.1, -0.05) is 55.8 Å². The number of rotatable bonds is 12. The highest BCUT2D eigenvalue weighted by molar-refractivity contribution is 7.90. The van der Waals surface area contributed by atoms with E-state index in [0.29, 0.717) is 23.6 Å². The molecule has 272 valence electrons. The molecule has 5 rings (SSSR count). The topological polar surface area (TPSA) is 132 Å². The van der Waals surface area contributed by atoms with Crippen LogP contribution in [-0.4, -0.2) is 41.1 Å². The number of nitrogens with zero attached hydrogens (tertiary/aromatic N) is 3. The van der Waals surface area contributed by atoms with E-state index in [0.717, 1.165) is 34.9 Å². The minimum atomic E-state index is -4.91. The van der Waals surface area contributed by atoms with Crippen LogP contribution in [-0.2, 0) is 29.2 Å². The van der Waals surface area contributed by atoms with Crippen molar-refractivity contribution in [2.45, 2.75) is 50.7 Å². The summed E-state index contributed by atoms with van der Waals surface area (Å²) in [7, 11) is -4.59. The number of hydrogen-bond acceptors (Lipinski definition) is 6. The van der Waals surface area contributed by atoms with Crippen molar-refractivity contribution in [2.24, 2.45) is 0 Å². The predicted molar refractivity (Wildman–Crippen MR) is 181 cm³/mol. The molecule has 1 heterocycles. The van der Waals surface area contributed by atoms with Gasteiger partial charge in [-0.05, 0) is 61.4 Å². The van der Waals surface area contributed by atoms with Crippen molar-refractivity contribution < 1.29 is 40.0 Å². The van der Waals surface area contributed by atoms with E-state index in [1.54, 1.807) is 6.92 Å². The van der Waals surface area contributed by atoms with Crippen molar-refractivity contribution in [1.82, 2.24) is 24.4 Å². The van der Waals surface area contributed by atoms with Crippen LogP contribution in [0.3, 0.4) is 0 Å². The first-order chi connectivity index (χ1) is 24.7. The number of amides is 2. The van der Waals surface area contributed by atoms with Crippen molar-refractivity contribution in [2.75, 3.05) is 6.54 Å². The van der Waals surface area contributed by atoms with Gasteiger partial charge in [-0.15, -0.1) is 5.10 Å². The van der Waals surface area contributed by atoms with Gasteiger partial charge >= 0.3 is 11.9 Å². The number of aromatic nitrogens is 3. The highest BCUT2D eigenvalue weighted by Crippen LogP contribution is 2.34. The summed E-state index contributed by atoms with van der Waals surface area (Å²) in [5, 5.41) is 6.71. The van der Waals surface area contributed by atoms with Crippen LogP contribution in [0.4, 0.5) is 22.0 Å². The lowest BCUT2D eigenvalue weighted by molar-refractivity contribution is -0.137. The Kier molecular flexibility index (Phi) is 11.1. The lowest BCUT2D eigenvalue weighted by Crippen LogP contribution is -2.31. The van der Waals surface area contributed by atoms with Gasteiger partial charge in [-0.2, -0.15) is 17.9 Å². The molecular formula is C36H32F5N5O5S. The number of sulfonamides is 1. The van der Waals surface area contributed by atoms with Crippen LogP contribution >= 0.6 is 0 Å². The normalized spacial score (nSPS) is 11.8. The second kappa shape index (κ2) is 15.3. The molecule has 5 aromatic rings. The zero-order valence-corrected chi connectivity index (χ0v) is 28.6. The molecule has 0 atom stereocenters. The molecule has 1 aromatic heterocycles. The van der Waals surface area contributed by atoms with E-state index in [2.05, 4.69) is 10.4 Å². The molecule has 0 aliphatic rings. The number of hydrogen-bond donors (Lipinski definition) is 2. The summed E-state index contributed by atoms with van der Waals surface area (Å²) >= 11 is 0. The van der Waals surface area contributed by atoms with Crippen LogP contribution in [0.25, 0.3) is 16.8 Å². The predicted octanol–water partition coefficient (Wildman–Crippen LogP) is 6.26. The minimum absolute atomic E-state index is 0.00192. The van der Waals surface area contributed by atoms with Crippen LogP contribution < -0.4 is 15.7 Å². The van der Waals surface area contributed by atoms with Crippen LogP contribution in [0.15, 0.2) is 94.6 Å². The maximum atomic E-state index is 15.8. The van der Waals surface area contributed by atoms with Crippen LogP contribution in [0.1, 0.15) is 64.4 Å². The van der Waals surface area contributed by atoms with Crippen molar-refractivity contribution in [1.29, 1.82) is 0 Å². The lowest BCUT2D eigenvalue weighted by atomic mass is 10.0. The zero-order chi connectivity index (χ0) is 37.8. The Balaban J connectivity index is 1.52. The second-order valence-electron chi connectivity index (χ2n) is 11.6. The number of nitrogens with one attached hydrogen (secondary N) is 2. The summed E-state index contributed by atoms with van der Waals surface area (Å²) in [6.07, 6.45) is -3.59. The number of carbonyl (C=O) groups excluding carboxylic acids is 2. The smallest absolute Gasteiger partial charge is 0.352 e. The maximum absolute atomic E-state index is 15.8. The Morgan fingerprint density at radius 2 is 1.58 bits per heavy atom. The molecule has 52 heavy (non-hydrogen) atoms. The third-order valence-electron chi connectivity index (χ3n) is 8.04. The highest BCUT2D eigenvalue weighted by atomic mass is 32.2. The van der Waals surface area contributed by atoms with Crippen LogP contribution in [0.2, 0.25) is 0 Å². The largest absolute Gasteiger partial charge is 0.418 e. The van der Waals surface area contributed by atoms with Crippen molar-refractivity contribution in [3.8, 4) is 16.8 Å². The Morgan fingerprint density at radius 3 is 2.25 bits per heavy atom. The fourth-order valence-corrected chi connectivity index (χ4v) is 6.65. The monoisotopic (exact) mass is 741 g/mol. The molecule has 0 saturated heterocycles. The summed E-state index contributed by atoms with van der Waals surface area (Å²) in [6, 6.07) is 16.5. The van der Waals surface area contributed by atoms with Gasteiger partial charge in [0.2, 0.25) is 0 Å². The molecule has 0 aliphatic heterocycles. The number of alkyl halides is 3. The number of carbonyl (C=O) groups is 2. The van der Waals surface area contributed by atoms with Crippen LogP contribution in [0, 0.1) is 11.6 Å². The van der Waals surface area contributed by atoms with Gasteiger partial charge < -0.3 is 5.32 Å². The fourth-order valence-electron chi connectivity index (χ4n) is 5.45. The van der Waals surface area contributed by atoms with E-state index in [1.165, 1.54) is 48.5 Å². The van der Waals surface area contributed by atoms with E-state index in [-0.39, 0.29) is 41.0 Å². The number of unbranched alkanes of at least 4 members (excludes halogenated alkanes) is 1. The molecule has 0 fully saturated rings. The maximum Gasteiger partial charge on any atom is 0.418 e. The molecule has 0 aliphatic carbocycles. The van der Waals surface area contributed by atoms with Gasteiger partial charge in [-0.3, -0.25) is 14.2 Å². The molecule has 4 aromatic carbocycles. The van der Waals surface area contributed by atoms with Gasteiger partial charge in [0.1, 0.15) is 17.5 Å². The summed E-state index contributed by atoms with van der Waals surface area (Å²) < 4.78 is 102. The van der Waals surface area contributed by atoms with Gasteiger partial charge in [0, 0.05) is 29.7 Å².